The van der Waals surface area contributed by atoms with Gasteiger partial charge in [0.15, 0.2) is 0 Å². The van der Waals surface area contributed by atoms with Gasteiger partial charge in [-0.1, -0.05) is 34.3 Å². The Morgan fingerprint density at radius 3 is 2.48 bits per heavy atom. The molecule has 1 fully saturated rings. The lowest BCUT2D eigenvalue weighted by Crippen LogP contribution is -2.49. The number of carboxylic acids is 1. The van der Waals surface area contributed by atoms with Gasteiger partial charge in [0, 0.05) is 23.0 Å². The molecule has 1 spiro atoms. The zero-order valence-corrected chi connectivity index (χ0v) is 18.4. The maximum atomic E-state index is 11.7. The molecule has 3 aliphatic heterocycles. The average Bonchev–Trinajstić information content (AvgIpc) is 3.43. The summed E-state index contributed by atoms with van der Waals surface area (Å²) >= 11 is 0. The van der Waals surface area contributed by atoms with Gasteiger partial charge in [-0.15, -0.1) is 0 Å². The molecule has 5 nitrogen and oxygen atoms in total. The molecule has 3 heterocycles. The molecule has 0 saturated carbocycles. The number of carbonyl (C=O) groups is 1. The van der Waals surface area contributed by atoms with Gasteiger partial charge in [0.1, 0.15) is 11.4 Å². The van der Waals surface area contributed by atoms with E-state index in [4.69, 9.17) is 9.47 Å². The molecule has 5 heteroatoms. The Balaban J connectivity index is 0.00000117. The number of epoxide rings is 1. The summed E-state index contributed by atoms with van der Waals surface area (Å²) in [5.74, 6) is 0.182. The van der Waals surface area contributed by atoms with Gasteiger partial charge in [-0.3, -0.25) is 0 Å². The summed E-state index contributed by atoms with van der Waals surface area (Å²) in [6.45, 7) is 17.0. The van der Waals surface area contributed by atoms with Gasteiger partial charge in [0.05, 0.1) is 25.3 Å². The number of hydrogen-bond donors (Lipinski definition) is 1. The molecule has 29 heavy (non-hydrogen) atoms. The molecule has 4 rings (SSSR count). The van der Waals surface area contributed by atoms with Crippen molar-refractivity contribution in [2.45, 2.75) is 53.2 Å². The van der Waals surface area contributed by atoms with Gasteiger partial charge in [-0.2, -0.15) is 0 Å². The highest BCUT2D eigenvalue weighted by atomic mass is 16.6. The van der Waals surface area contributed by atoms with E-state index in [-0.39, 0.29) is 17.5 Å². The lowest BCUT2D eigenvalue weighted by atomic mass is 9.74. The molecule has 0 radical (unpaired) electrons. The normalized spacial score (nSPS) is 24.2. The number of hydrogen-bond acceptors (Lipinski definition) is 4. The molecule has 0 bridgehead atoms. The van der Waals surface area contributed by atoms with Crippen LogP contribution < -0.4 is 4.74 Å². The Morgan fingerprint density at radius 1 is 1.38 bits per heavy atom. The van der Waals surface area contributed by atoms with Crippen LogP contribution in [0.15, 0.2) is 36.1 Å². The predicted octanol–water partition coefficient (Wildman–Crippen LogP) is 4.78. The minimum Gasteiger partial charge on any atom is -0.496 e. The van der Waals surface area contributed by atoms with Gasteiger partial charge < -0.3 is 19.5 Å². The molecule has 0 amide bonds. The second-order valence-electron chi connectivity index (χ2n) is 7.95. The minimum atomic E-state index is -0.962. The SMILES string of the molecule is C=C1C=C2c3cc(C)c(OC)c(C)c3C3(CO3)C(C(C)C)N2C=C1C(=O)O.CC. The van der Waals surface area contributed by atoms with Crippen molar-refractivity contribution in [3.63, 3.8) is 0 Å². The highest BCUT2D eigenvalue weighted by Crippen LogP contribution is 2.57. The first-order valence-electron chi connectivity index (χ1n) is 10.2. The molecule has 1 saturated heterocycles. The van der Waals surface area contributed by atoms with Crippen LogP contribution in [0.2, 0.25) is 0 Å². The van der Waals surface area contributed by atoms with Gasteiger partial charge >= 0.3 is 5.97 Å². The van der Waals surface area contributed by atoms with E-state index < -0.39 is 11.6 Å². The third-order valence-corrected chi connectivity index (χ3v) is 5.91. The number of nitrogens with zero attached hydrogens (tertiary/aromatic N) is 1. The number of benzene rings is 1. The molecule has 1 N–H and O–H groups in total. The predicted molar refractivity (Wildman–Crippen MR) is 115 cm³/mol. The van der Waals surface area contributed by atoms with Crippen LogP contribution in [0.4, 0.5) is 0 Å². The van der Waals surface area contributed by atoms with Crippen LogP contribution in [0.1, 0.15) is 49.9 Å². The second-order valence-corrected chi connectivity index (χ2v) is 7.95. The van der Waals surface area contributed by atoms with Crippen LogP contribution in [-0.4, -0.2) is 35.7 Å². The van der Waals surface area contributed by atoms with Gasteiger partial charge in [0.25, 0.3) is 0 Å². The van der Waals surface area contributed by atoms with Crippen molar-refractivity contribution in [1.82, 2.24) is 4.90 Å². The highest BCUT2D eigenvalue weighted by Gasteiger charge is 2.61. The lowest BCUT2D eigenvalue weighted by molar-refractivity contribution is -0.132. The van der Waals surface area contributed by atoms with Gasteiger partial charge in [-0.25, -0.2) is 4.79 Å². The maximum Gasteiger partial charge on any atom is 0.337 e. The first-order valence-corrected chi connectivity index (χ1v) is 10.2. The molecule has 0 aromatic heterocycles. The largest absolute Gasteiger partial charge is 0.496 e. The van der Waals surface area contributed by atoms with Crippen LogP contribution in [0.25, 0.3) is 5.70 Å². The van der Waals surface area contributed by atoms with Crippen molar-refractivity contribution in [3.05, 3.63) is 58.3 Å². The summed E-state index contributed by atoms with van der Waals surface area (Å²) in [5.41, 5.74) is 5.65. The molecular weight excluding hydrogens is 366 g/mol. The number of aliphatic carboxylic acids is 1. The highest BCUT2D eigenvalue weighted by molar-refractivity contribution is 5.95. The molecule has 3 aliphatic rings. The zero-order valence-electron chi connectivity index (χ0n) is 18.4. The molecule has 2 unspecified atom stereocenters. The van der Waals surface area contributed by atoms with E-state index in [0.29, 0.717) is 12.2 Å². The zero-order chi connectivity index (χ0) is 21.7. The first kappa shape index (κ1) is 21.2. The van der Waals surface area contributed by atoms with Crippen molar-refractivity contribution in [2.24, 2.45) is 5.92 Å². The van der Waals surface area contributed by atoms with E-state index in [1.165, 1.54) is 0 Å². The summed E-state index contributed by atoms with van der Waals surface area (Å²) in [5, 5.41) is 9.59. The molecular formula is C24H31NO4. The fourth-order valence-corrected chi connectivity index (χ4v) is 4.90. The Hall–Kier alpha value is -2.53. The van der Waals surface area contributed by atoms with Crippen molar-refractivity contribution < 1.29 is 19.4 Å². The van der Waals surface area contributed by atoms with Crippen molar-refractivity contribution in [3.8, 4) is 5.75 Å². The molecule has 1 aromatic rings. The molecule has 0 aliphatic carbocycles. The quantitative estimate of drug-likeness (QED) is 0.744. The smallest absolute Gasteiger partial charge is 0.337 e. The van der Waals surface area contributed by atoms with E-state index in [2.05, 4.69) is 38.3 Å². The topological polar surface area (TPSA) is 62.3 Å². The number of allylic oxidation sites excluding steroid dienone is 1. The Morgan fingerprint density at radius 2 is 2.00 bits per heavy atom. The third kappa shape index (κ3) is 2.99. The first-order chi connectivity index (χ1) is 13.7. The van der Waals surface area contributed by atoms with Gasteiger partial charge in [-0.05, 0) is 48.6 Å². The number of fused-ring (bicyclic) bond motifs is 4. The maximum absolute atomic E-state index is 11.7. The number of aryl methyl sites for hydroxylation is 1. The van der Waals surface area contributed by atoms with Crippen LogP contribution in [-0.2, 0) is 15.1 Å². The van der Waals surface area contributed by atoms with E-state index in [0.717, 1.165) is 33.7 Å². The van der Waals surface area contributed by atoms with E-state index >= 15 is 0 Å². The fourth-order valence-electron chi connectivity index (χ4n) is 4.90. The summed E-state index contributed by atoms with van der Waals surface area (Å²) in [4.78, 5) is 13.8. The van der Waals surface area contributed by atoms with Crippen LogP contribution in [0.5, 0.6) is 5.75 Å². The third-order valence-electron chi connectivity index (χ3n) is 5.91. The number of ether oxygens (including phenoxy) is 2. The van der Waals surface area contributed by atoms with Crippen LogP contribution >= 0.6 is 0 Å². The monoisotopic (exact) mass is 397 g/mol. The standard InChI is InChI=1S/C22H25NO4.C2H6/c1-11(2)20-22(10-27-22)18-14(5)19(26-6)13(4)7-15(18)17-8-12(3)16(21(24)25)9-23(17)20;1-2/h7-9,11,20H,3,10H2,1-2,4-6H3,(H,24,25);1-2H3. The van der Waals surface area contributed by atoms with Gasteiger partial charge in [0.2, 0.25) is 0 Å². The minimum absolute atomic E-state index is 0.00446. The van der Waals surface area contributed by atoms with Crippen molar-refractivity contribution >= 4 is 11.7 Å². The van der Waals surface area contributed by atoms with E-state index in [1.807, 2.05) is 26.8 Å². The van der Waals surface area contributed by atoms with Crippen molar-refractivity contribution in [1.29, 1.82) is 0 Å². The van der Waals surface area contributed by atoms with Crippen LogP contribution in [0.3, 0.4) is 0 Å². The van der Waals surface area contributed by atoms with Crippen molar-refractivity contribution in [2.75, 3.05) is 13.7 Å². The molecule has 1 aromatic carbocycles. The average molecular weight is 398 g/mol. The Labute approximate surface area is 173 Å². The second kappa shape index (κ2) is 7.38. The number of rotatable bonds is 3. The van der Waals surface area contributed by atoms with E-state index in [1.54, 1.807) is 13.3 Å². The number of methoxy groups -OCH3 is 1. The summed E-state index contributed by atoms with van der Waals surface area (Å²) < 4.78 is 11.8. The Bertz CT molecular complexity index is 935. The van der Waals surface area contributed by atoms with E-state index in [9.17, 15) is 9.90 Å². The fraction of sp³-hybridized carbons (Fsp3) is 0.458. The molecule has 156 valence electrons. The number of carboxylic acid groups (broad SMARTS) is 1. The van der Waals surface area contributed by atoms with Crippen LogP contribution in [0, 0.1) is 19.8 Å². The summed E-state index contributed by atoms with van der Waals surface area (Å²) in [7, 11) is 1.70. The summed E-state index contributed by atoms with van der Waals surface area (Å²) in [6, 6.07) is 2.12. The molecule has 2 atom stereocenters. The lowest BCUT2D eigenvalue weighted by Gasteiger charge is -2.46. The Kier molecular flexibility index (Phi) is 5.39. The summed E-state index contributed by atoms with van der Waals surface area (Å²) in [6.07, 6.45) is 3.62.